The minimum Gasteiger partial charge on any atom is -0.468 e. The molecule has 7 heteroatoms. The first-order valence-electron chi connectivity index (χ1n) is 5.92. The van der Waals surface area contributed by atoms with E-state index in [1.807, 2.05) is 0 Å². The van der Waals surface area contributed by atoms with Crippen LogP contribution in [0.3, 0.4) is 0 Å². The van der Waals surface area contributed by atoms with Crippen molar-refractivity contribution in [3.8, 4) is 0 Å². The molecule has 1 fully saturated rings. The Morgan fingerprint density at radius 1 is 1.33 bits per heavy atom. The molecule has 102 valence electrons. The van der Waals surface area contributed by atoms with Gasteiger partial charge in [0.15, 0.2) is 0 Å². The first-order valence-corrected chi connectivity index (χ1v) is 5.92. The molecule has 1 saturated heterocycles. The molecule has 0 aromatic carbocycles. The zero-order chi connectivity index (χ0) is 13.5. The Balaban J connectivity index is 2.54. The predicted octanol–water partition coefficient (Wildman–Crippen LogP) is -0.530. The number of methoxy groups -OCH3 is 1. The summed E-state index contributed by atoms with van der Waals surface area (Å²) in [5.41, 5.74) is 0. The highest BCUT2D eigenvalue weighted by Gasteiger charge is 2.30. The Hall–Kier alpha value is -1.63. The van der Waals surface area contributed by atoms with Crippen molar-refractivity contribution >= 4 is 17.9 Å². The Morgan fingerprint density at radius 3 is 2.67 bits per heavy atom. The predicted molar refractivity (Wildman–Crippen MR) is 63.8 cm³/mol. The Morgan fingerprint density at radius 2 is 2.06 bits per heavy atom. The second-order valence-corrected chi connectivity index (χ2v) is 4.13. The average molecular weight is 257 g/mol. The fourth-order valence-electron chi connectivity index (χ4n) is 2.00. The molecule has 0 radical (unpaired) electrons. The summed E-state index contributed by atoms with van der Waals surface area (Å²) in [6.07, 6.45) is 2.55. The molecular formula is C11H19N3O4. The summed E-state index contributed by atoms with van der Waals surface area (Å²) in [6, 6.07) is -0.939. The molecule has 0 saturated carbocycles. The minimum absolute atomic E-state index is 0.0210. The number of urea groups is 1. The van der Waals surface area contributed by atoms with Crippen molar-refractivity contribution in [1.29, 1.82) is 0 Å². The number of hydrogen-bond donors (Lipinski definition) is 2. The van der Waals surface area contributed by atoms with E-state index < -0.39 is 11.9 Å². The molecule has 7 nitrogen and oxygen atoms in total. The number of carbonyl (C=O) groups is 3. The molecular weight excluding hydrogens is 238 g/mol. The second-order valence-electron chi connectivity index (χ2n) is 4.13. The molecule has 1 atom stereocenters. The van der Waals surface area contributed by atoms with Crippen LogP contribution < -0.4 is 10.6 Å². The third-order valence-corrected chi connectivity index (χ3v) is 2.91. The number of imide groups is 1. The first-order chi connectivity index (χ1) is 8.58. The molecule has 0 aromatic rings. The lowest BCUT2D eigenvalue weighted by Gasteiger charge is -2.32. The smallest absolute Gasteiger partial charge is 0.323 e. The van der Waals surface area contributed by atoms with Gasteiger partial charge in [0.1, 0.15) is 6.04 Å². The number of likely N-dealkylation sites (tertiary alicyclic amines) is 1. The maximum atomic E-state index is 11.6. The molecule has 2 N–H and O–H groups in total. The molecule has 0 aliphatic carbocycles. The van der Waals surface area contributed by atoms with E-state index in [0.717, 1.165) is 12.8 Å². The molecule has 3 amide bonds. The van der Waals surface area contributed by atoms with Crippen LogP contribution in [0.2, 0.25) is 0 Å². The number of esters is 1. The topological polar surface area (TPSA) is 87.7 Å². The van der Waals surface area contributed by atoms with Crippen molar-refractivity contribution in [1.82, 2.24) is 15.5 Å². The van der Waals surface area contributed by atoms with Gasteiger partial charge < -0.3 is 10.1 Å². The summed E-state index contributed by atoms with van der Waals surface area (Å²) in [7, 11) is 2.76. The molecule has 1 rings (SSSR count). The molecule has 1 unspecified atom stereocenters. The van der Waals surface area contributed by atoms with E-state index >= 15 is 0 Å². The van der Waals surface area contributed by atoms with Crippen molar-refractivity contribution < 1.29 is 19.1 Å². The Kier molecular flexibility index (Phi) is 5.57. The van der Waals surface area contributed by atoms with Crippen LogP contribution >= 0.6 is 0 Å². The molecule has 1 aliphatic heterocycles. The van der Waals surface area contributed by atoms with E-state index in [1.54, 1.807) is 4.90 Å². The minimum atomic E-state index is -0.549. The number of amides is 3. The first kappa shape index (κ1) is 14.4. The van der Waals surface area contributed by atoms with Crippen molar-refractivity contribution in [3.63, 3.8) is 0 Å². The highest BCUT2D eigenvalue weighted by Crippen LogP contribution is 2.17. The summed E-state index contributed by atoms with van der Waals surface area (Å²) in [5, 5.41) is 4.47. The summed E-state index contributed by atoms with van der Waals surface area (Å²) in [6.45, 7) is 0.675. The second kappa shape index (κ2) is 6.95. The molecule has 0 aromatic heterocycles. The normalized spacial score (nSPS) is 20.0. The fourth-order valence-corrected chi connectivity index (χ4v) is 2.00. The number of hydrogen-bond acceptors (Lipinski definition) is 5. The van der Waals surface area contributed by atoms with Crippen LogP contribution in [0.5, 0.6) is 0 Å². The number of rotatable bonds is 3. The van der Waals surface area contributed by atoms with Gasteiger partial charge in [-0.3, -0.25) is 19.8 Å². The largest absolute Gasteiger partial charge is 0.468 e. The third-order valence-electron chi connectivity index (χ3n) is 2.91. The highest BCUT2D eigenvalue weighted by atomic mass is 16.5. The lowest BCUT2D eigenvalue weighted by Crippen LogP contribution is -2.51. The number of nitrogens with one attached hydrogen (secondary N) is 2. The van der Waals surface area contributed by atoms with Crippen LogP contribution in [0.15, 0.2) is 0 Å². The van der Waals surface area contributed by atoms with Gasteiger partial charge in [-0.05, 0) is 19.4 Å². The molecule has 0 bridgehead atoms. The van der Waals surface area contributed by atoms with Gasteiger partial charge in [0.05, 0.1) is 13.7 Å². The zero-order valence-corrected chi connectivity index (χ0v) is 10.7. The quantitative estimate of drug-likeness (QED) is 0.664. The van der Waals surface area contributed by atoms with Crippen molar-refractivity contribution in [3.05, 3.63) is 0 Å². The SMILES string of the molecule is CNC(=O)NC(=O)CN1CCCCC1C(=O)OC. The van der Waals surface area contributed by atoms with Gasteiger partial charge in [-0.25, -0.2) is 4.79 Å². The number of carbonyl (C=O) groups excluding carboxylic acids is 3. The van der Waals surface area contributed by atoms with Gasteiger partial charge in [0.2, 0.25) is 5.91 Å². The number of piperidine rings is 1. The summed E-state index contributed by atoms with van der Waals surface area (Å²) >= 11 is 0. The highest BCUT2D eigenvalue weighted by molar-refractivity contribution is 5.95. The standard InChI is InChI=1S/C11H19N3O4/c1-12-11(17)13-9(15)7-14-6-4-3-5-8(14)10(16)18-2/h8H,3-7H2,1-2H3,(H2,12,13,15,17). The van der Waals surface area contributed by atoms with Gasteiger partial charge in [0.25, 0.3) is 0 Å². The Bertz CT molecular complexity index is 332. The number of ether oxygens (including phenoxy) is 1. The van der Waals surface area contributed by atoms with E-state index in [9.17, 15) is 14.4 Å². The van der Waals surface area contributed by atoms with Gasteiger partial charge in [-0.15, -0.1) is 0 Å². The van der Waals surface area contributed by atoms with Gasteiger partial charge in [0, 0.05) is 7.05 Å². The molecule has 1 aliphatic rings. The fraction of sp³-hybridized carbons (Fsp3) is 0.727. The van der Waals surface area contributed by atoms with E-state index in [-0.39, 0.29) is 18.6 Å². The lowest BCUT2D eigenvalue weighted by molar-refractivity contribution is -0.148. The van der Waals surface area contributed by atoms with Gasteiger partial charge in [-0.2, -0.15) is 0 Å². The van der Waals surface area contributed by atoms with Crippen LogP contribution in [0.1, 0.15) is 19.3 Å². The monoisotopic (exact) mass is 257 g/mol. The zero-order valence-electron chi connectivity index (χ0n) is 10.7. The maximum Gasteiger partial charge on any atom is 0.323 e. The average Bonchev–Trinajstić information content (AvgIpc) is 2.38. The molecule has 1 heterocycles. The van der Waals surface area contributed by atoms with Crippen molar-refractivity contribution in [2.24, 2.45) is 0 Å². The van der Waals surface area contributed by atoms with Crippen molar-refractivity contribution in [2.45, 2.75) is 25.3 Å². The van der Waals surface area contributed by atoms with Gasteiger partial charge >= 0.3 is 12.0 Å². The third kappa shape index (κ3) is 3.99. The summed E-state index contributed by atoms with van der Waals surface area (Å²) in [5.74, 6) is -0.757. The van der Waals surface area contributed by atoms with E-state index in [0.29, 0.717) is 13.0 Å². The van der Waals surface area contributed by atoms with Crippen LogP contribution in [-0.2, 0) is 14.3 Å². The summed E-state index contributed by atoms with van der Waals surface area (Å²) in [4.78, 5) is 35.9. The van der Waals surface area contributed by atoms with Gasteiger partial charge in [-0.1, -0.05) is 6.42 Å². The Labute approximate surface area is 106 Å². The van der Waals surface area contributed by atoms with Crippen LogP contribution in [0.25, 0.3) is 0 Å². The van der Waals surface area contributed by atoms with E-state index in [4.69, 9.17) is 4.74 Å². The van der Waals surface area contributed by atoms with Crippen LogP contribution in [-0.4, -0.2) is 56.1 Å². The van der Waals surface area contributed by atoms with Crippen LogP contribution in [0, 0.1) is 0 Å². The number of nitrogens with zero attached hydrogens (tertiary/aromatic N) is 1. The lowest BCUT2D eigenvalue weighted by atomic mass is 10.0. The van der Waals surface area contributed by atoms with E-state index in [2.05, 4.69) is 10.6 Å². The maximum absolute atomic E-state index is 11.6. The van der Waals surface area contributed by atoms with E-state index in [1.165, 1.54) is 14.2 Å². The van der Waals surface area contributed by atoms with Crippen molar-refractivity contribution in [2.75, 3.05) is 27.2 Å². The molecule has 0 spiro atoms. The summed E-state index contributed by atoms with van der Waals surface area (Å²) < 4.78 is 4.71. The van der Waals surface area contributed by atoms with Crippen LogP contribution in [0.4, 0.5) is 4.79 Å². The molecule has 18 heavy (non-hydrogen) atoms.